The van der Waals surface area contributed by atoms with Crippen LogP contribution in [0.2, 0.25) is 0 Å². The first-order valence-corrected chi connectivity index (χ1v) is 7.83. The Morgan fingerprint density at radius 3 is 2.14 bits per heavy atom. The number of hydrogen-bond donors (Lipinski definition) is 1. The van der Waals surface area contributed by atoms with Crippen LogP contribution in [0, 0.1) is 5.82 Å². The van der Waals surface area contributed by atoms with E-state index in [1.54, 1.807) is 24.3 Å². The molecule has 5 nitrogen and oxygen atoms in total. The molecule has 0 amide bonds. The number of nitrogens with two attached hydrogens (primary N) is 1. The minimum absolute atomic E-state index is 0.0241. The molecule has 22 heavy (non-hydrogen) atoms. The molecule has 2 aromatic carbocycles. The number of nitrogens with zero attached hydrogens (tertiary/aromatic N) is 1. The van der Waals surface area contributed by atoms with E-state index in [-0.39, 0.29) is 10.7 Å². The maximum atomic E-state index is 13.0. The lowest BCUT2D eigenvalue weighted by atomic mass is 10.0. The molecule has 1 heterocycles. The Kier molecular flexibility index (Phi) is 3.51. The van der Waals surface area contributed by atoms with Crippen LogP contribution >= 0.6 is 0 Å². The third-order valence-corrected chi connectivity index (χ3v) is 4.11. The molecule has 0 atom stereocenters. The van der Waals surface area contributed by atoms with Crippen molar-refractivity contribution in [3.05, 3.63) is 60.6 Å². The number of hydrogen-bond acceptors (Lipinski definition) is 4. The molecule has 0 radical (unpaired) electrons. The van der Waals surface area contributed by atoms with Crippen LogP contribution in [0.25, 0.3) is 22.4 Å². The predicted octanol–water partition coefficient (Wildman–Crippen LogP) is 2.80. The summed E-state index contributed by atoms with van der Waals surface area (Å²) in [6, 6.07) is 11.9. The lowest BCUT2D eigenvalue weighted by molar-refractivity contribution is 0.422. The van der Waals surface area contributed by atoms with Crippen molar-refractivity contribution < 1.29 is 17.3 Å². The average Bonchev–Trinajstić information content (AvgIpc) is 2.97. The Morgan fingerprint density at radius 1 is 0.955 bits per heavy atom. The van der Waals surface area contributed by atoms with Crippen molar-refractivity contribution in [3.63, 3.8) is 0 Å². The van der Waals surface area contributed by atoms with Gasteiger partial charge < -0.3 is 4.52 Å². The van der Waals surface area contributed by atoms with Gasteiger partial charge in [-0.1, -0.05) is 17.3 Å². The normalized spacial score (nSPS) is 11.5. The Hall–Kier alpha value is -2.51. The summed E-state index contributed by atoms with van der Waals surface area (Å²) >= 11 is 0. The molecule has 112 valence electrons. The van der Waals surface area contributed by atoms with Crippen LogP contribution in [0.4, 0.5) is 4.39 Å². The Labute approximate surface area is 126 Å². The van der Waals surface area contributed by atoms with Crippen molar-refractivity contribution in [2.75, 3.05) is 0 Å². The standard InChI is InChI=1S/C15H11FN2O3S/c16-12-5-1-11(2-6-12)15-14(9-21-18-15)10-3-7-13(8-4-10)22(17,19)20/h1-9H,(H2,17,19,20). The highest BCUT2D eigenvalue weighted by Gasteiger charge is 2.14. The molecule has 0 bridgehead atoms. The monoisotopic (exact) mass is 318 g/mol. The predicted molar refractivity (Wildman–Crippen MR) is 78.7 cm³/mol. The fraction of sp³-hybridized carbons (Fsp3) is 0. The van der Waals surface area contributed by atoms with Gasteiger partial charge in [0.25, 0.3) is 0 Å². The second-order valence-corrected chi connectivity index (χ2v) is 6.21. The summed E-state index contributed by atoms with van der Waals surface area (Å²) in [6.07, 6.45) is 1.45. The maximum Gasteiger partial charge on any atom is 0.238 e. The van der Waals surface area contributed by atoms with Gasteiger partial charge in [-0.3, -0.25) is 0 Å². The number of benzene rings is 2. The molecule has 0 saturated heterocycles. The first-order valence-electron chi connectivity index (χ1n) is 6.29. The van der Waals surface area contributed by atoms with Gasteiger partial charge in [0, 0.05) is 11.1 Å². The van der Waals surface area contributed by atoms with Gasteiger partial charge in [-0.15, -0.1) is 0 Å². The van der Waals surface area contributed by atoms with Crippen LogP contribution in [-0.4, -0.2) is 13.6 Å². The fourth-order valence-corrected chi connectivity index (χ4v) is 2.60. The molecular formula is C15H11FN2O3S. The van der Waals surface area contributed by atoms with Crippen molar-refractivity contribution in [1.29, 1.82) is 0 Å². The second-order valence-electron chi connectivity index (χ2n) is 4.65. The van der Waals surface area contributed by atoms with E-state index in [9.17, 15) is 12.8 Å². The van der Waals surface area contributed by atoms with Crippen molar-refractivity contribution in [1.82, 2.24) is 5.16 Å². The van der Waals surface area contributed by atoms with Crippen molar-refractivity contribution in [2.45, 2.75) is 4.90 Å². The van der Waals surface area contributed by atoms with Gasteiger partial charge in [-0.05, 0) is 42.0 Å². The summed E-state index contributed by atoms with van der Waals surface area (Å²) < 4.78 is 40.5. The molecule has 1 aromatic heterocycles. The molecule has 0 spiro atoms. The summed E-state index contributed by atoms with van der Waals surface area (Å²) in [5.74, 6) is -0.341. The molecule has 3 aromatic rings. The van der Waals surface area contributed by atoms with Crippen LogP contribution in [0.1, 0.15) is 0 Å². The number of halogens is 1. The van der Waals surface area contributed by atoms with Gasteiger partial charge >= 0.3 is 0 Å². The van der Waals surface area contributed by atoms with Crippen LogP contribution in [-0.2, 0) is 10.0 Å². The first kappa shape index (κ1) is 14.4. The summed E-state index contributed by atoms with van der Waals surface area (Å²) in [5.41, 5.74) is 2.63. The second kappa shape index (κ2) is 5.36. The van der Waals surface area contributed by atoms with E-state index in [4.69, 9.17) is 9.66 Å². The molecule has 0 aliphatic rings. The third-order valence-electron chi connectivity index (χ3n) is 3.18. The van der Waals surface area contributed by atoms with Gasteiger partial charge in [0.15, 0.2) is 0 Å². The van der Waals surface area contributed by atoms with Crippen molar-refractivity contribution in [3.8, 4) is 22.4 Å². The first-order chi connectivity index (χ1) is 10.4. The quantitative estimate of drug-likeness (QED) is 0.804. The zero-order valence-electron chi connectivity index (χ0n) is 11.2. The van der Waals surface area contributed by atoms with E-state index in [1.165, 1.54) is 30.5 Å². The lowest BCUT2D eigenvalue weighted by Gasteiger charge is -2.03. The molecule has 0 aliphatic carbocycles. The van der Waals surface area contributed by atoms with E-state index in [1.807, 2.05) is 0 Å². The molecule has 7 heteroatoms. The number of sulfonamides is 1. The number of rotatable bonds is 3. The van der Waals surface area contributed by atoms with E-state index < -0.39 is 10.0 Å². The molecule has 3 rings (SSSR count). The van der Waals surface area contributed by atoms with Crippen molar-refractivity contribution >= 4 is 10.0 Å². The highest BCUT2D eigenvalue weighted by Crippen LogP contribution is 2.31. The van der Waals surface area contributed by atoms with Gasteiger partial charge in [-0.25, -0.2) is 17.9 Å². The SMILES string of the molecule is NS(=O)(=O)c1ccc(-c2conc2-c2ccc(F)cc2)cc1. The molecule has 0 fully saturated rings. The van der Waals surface area contributed by atoms with Gasteiger partial charge in [0.05, 0.1) is 4.90 Å². The summed E-state index contributed by atoms with van der Waals surface area (Å²) in [7, 11) is -3.74. The van der Waals surface area contributed by atoms with E-state index in [0.717, 1.165) is 0 Å². The zero-order valence-corrected chi connectivity index (χ0v) is 12.0. The summed E-state index contributed by atoms with van der Waals surface area (Å²) in [4.78, 5) is 0.0241. The lowest BCUT2D eigenvalue weighted by Crippen LogP contribution is -2.11. The minimum Gasteiger partial charge on any atom is -0.363 e. The highest BCUT2D eigenvalue weighted by atomic mass is 32.2. The molecule has 2 N–H and O–H groups in total. The molecule has 0 saturated carbocycles. The number of primary sulfonamides is 1. The van der Waals surface area contributed by atoms with E-state index in [0.29, 0.717) is 22.4 Å². The largest absolute Gasteiger partial charge is 0.363 e. The summed E-state index contributed by atoms with van der Waals surface area (Å²) in [6.45, 7) is 0. The van der Waals surface area contributed by atoms with Crippen molar-refractivity contribution in [2.24, 2.45) is 5.14 Å². The van der Waals surface area contributed by atoms with Gasteiger partial charge in [-0.2, -0.15) is 0 Å². The van der Waals surface area contributed by atoms with Crippen LogP contribution in [0.3, 0.4) is 0 Å². The third kappa shape index (κ3) is 2.76. The van der Waals surface area contributed by atoms with Crippen LogP contribution in [0.15, 0.2) is 64.2 Å². The zero-order chi connectivity index (χ0) is 15.7. The van der Waals surface area contributed by atoms with Crippen LogP contribution in [0.5, 0.6) is 0 Å². The topological polar surface area (TPSA) is 86.2 Å². The highest BCUT2D eigenvalue weighted by molar-refractivity contribution is 7.89. The van der Waals surface area contributed by atoms with Crippen LogP contribution < -0.4 is 5.14 Å². The van der Waals surface area contributed by atoms with Gasteiger partial charge in [0.1, 0.15) is 17.8 Å². The number of aromatic nitrogens is 1. The minimum atomic E-state index is -3.74. The van der Waals surface area contributed by atoms with E-state index in [2.05, 4.69) is 5.16 Å². The van der Waals surface area contributed by atoms with E-state index >= 15 is 0 Å². The molecule has 0 aliphatic heterocycles. The summed E-state index contributed by atoms with van der Waals surface area (Å²) in [5, 5.41) is 8.99. The Bertz CT molecular complexity index is 901. The average molecular weight is 318 g/mol. The molecular weight excluding hydrogens is 307 g/mol. The van der Waals surface area contributed by atoms with Gasteiger partial charge in [0.2, 0.25) is 10.0 Å². The Balaban J connectivity index is 2.03. The molecule has 0 unspecified atom stereocenters. The smallest absolute Gasteiger partial charge is 0.238 e. The maximum absolute atomic E-state index is 13.0. The fourth-order valence-electron chi connectivity index (χ4n) is 2.08. The Morgan fingerprint density at radius 2 is 1.55 bits per heavy atom.